The fourth-order valence-corrected chi connectivity index (χ4v) is 4.61. The summed E-state index contributed by atoms with van der Waals surface area (Å²) in [7, 11) is 1.73. The Morgan fingerprint density at radius 3 is 2.05 bits per heavy atom. The third-order valence-corrected chi connectivity index (χ3v) is 6.97. The van der Waals surface area contributed by atoms with E-state index in [1.54, 1.807) is 18.9 Å². The Morgan fingerprint density at radius 1 is 0.950 bits per heavy atom. The van der Waals surface area contributed by atoms with Crippen LogP contribution in [0.1, 0.15) is 87.3 Å². The molecule has 1 aromatic rings. The summed E-state index contributed by atoms with van der Waals surface area (Å²) in [5.41, 5.74) is 0.789. The monoisotopic (exact) mass is 549 g/mol. The number of aromatic nitrogens is 2. The van der Waals surface area contributed by atoms with Crippen LogP contribution < -0.4 is 4.43 Å². The Balaban J connectivity index is 1.54. The summed E-state index contributed by atoms with van der Waals surface area (Å²) in [6.07, 6.45) is 33.8. The number of nitrogens with zero attached hydrogens (tertiary/aromatic N) is 3. The van der Waals surface area contributed by atoms with Crippen LogP contribution in [0.25, 0.3) is 0 Å². The maximum atomic E-state index is 12.7. The van der Waals surface area contributed by atoms with Crippen molar-refractivity contribution in [1.82, 2.24) is 14.8 Å². The lowest BCUT2D eigenvalue weighted by atomic mass is 9.96. The van der Waals surface area contributed by atoms with Crippen LogP contribution in [0.5, 0.6) is 0 Å². The van der Waals surface area contributed by atoms with Crippen LogP contribution >= 0.6 is 0 Å². The first kappa shape index (κ1) is 32.7. The van der Waals surface area contributed by atoms with Gasteiger partial charge in [-0.2, -0.15) is 0 Å². The summed E-state index contributed by atoms with van der Waals surface area (Å²) >= 11 is 0. The third-order valence-electron chi connectivity index (χ3n) is 6.97. The smallest absolute Gasteiger partial charge is 0.342 e. The Bertz CT molecular complexity index is 1100. The zero-order valence-electron chi connectivity index (χ0n) is 24.8. The van der Waals surface area contributed by atoms with E-state index in [-0.39, 0.29) is 17.5 Å². The Labute approximate surface area is 240 Å². The van der Waals surface area contributed by atoms with E-state index in [0.717, 1.165) is 70.9 Å². The average molecular weight is 550 g/mol. The molecule has 1 aromatic heterocycles. The van der Waals surface area contributed by atoms with E-state index in [9.17, 15) is 14.5 Å². The molecule has 2 rings (SSSR count). The highest BCUT2D eigenvalue weighted by molar-refractivity contribution is 5.90. The van der Waals surface area contributed by atoms with E-state index in [0.29, 0.717) is 29.0 Å². The van der Waals surface area contributed by atoms with E-state index in [1.807, 2.05) is 4.90 Å². The van der Waals surface area contributed by atoms with Crippen LogP contribution in [-0.2, 0) is 4.79 Å². The predicted molar refractivity (Wildman–Crippen MR) is 163 cm³/mol. The molecule has 0 spiro atoms. The minimum Gasteiger partial charge on any atom is -0.354 e. The van der Waals surface area contributed by atoms with Crippen LogP contribution in [0.3, 0.4) is 0 Å². The topological polar surface area (TPSA) is 79.4 Å². The van der Waals surface area contributed by atoms with Gasteiger partial charge in [-0.05, 0) is 70.6 Å². The largest absolute Gasteiger partial charge is 0.354 e. The molecule has 1 saturated heterocycles. The van der Waals surface area contributed by atoms with E-state index < -0.39 is 0 Å². The average Bonchev–Trinajstić information content (AvgIpc) is 2.94. The molecular formula is C33H49N4O3+. The molecule has 2 amide bonds. The molecule has 0 bridgehead atoms. The number of hydrogen-bond acceptors (Lipinski definition) is 3. The molecule has 0 atom stereocenters. The molecule has 2 heterocycles. The molecule has 1 N–H and O–H groups in total. The van der Waals surface area contributed by atoms with Crippen LogP contribution in [-0.4, -0.2) is 53.3 Å². The summed E-state index contributed by atoms with van der Waals surface area (Å²) in [6.45, 7) is 5.96. The van der Waals surface area contributed by atoms with Crippen molar-refractivity contribution in [3.63, 3.8) is 0 Å². The number of H-pyrrole nitrogens is 1. The number of aryl methyl sites for hydroxylation is 1. The number of rotatable bonds is 16. The van der Waals surface area contributed by atoms with Crippen LogP contribution in [0.15, 0.2) is 73.2 Å². The molecule has 7 heteroatoms. The SMILES string of the molecule is CCC=CCC=CCC=CCC=CCC=CCCCC(=O)N1CCC(CN(C)C(=O)c2c[nH]c(C)c[n+]2=O)CC1. The first-order valence-corrected chi connectivity index (χ1v) is 14.8. The molecule has 40 heavy (non-hydrogen) atoms. The van der Waals surface area contributed by atoms with Gasteiger partial charge in [0.25, 0.3) is 0 Å². The molecule has 1 fully saturated rings. The molecule has 0 aliphatic carbocycles. The highest BCUT2D eigenvalue weighted by atomic mass is 16.3. The second kappa shape index (κ2) is 19.6. The van der Waals surface area contributed by atoms with Crippen LogP contribution in [0, 0.1) is 17.7 Å². The molecule has 7 nitrogen and oxygen atoms in total. The van der Waals surface area contributed by atoms with Crippen LogP contribution in [0.2, 0.25) is 0 Å². The minimum absolute atomic E-state index is 0.0909. The van der Waals surface area contributed by atoms with Crippen molar-refractivity contribution in [2.45, 2.75) is 78.1 Å². The lowest BCUT2D eigenvalue weighted by Gasteiger charge is -2.33. The standard InChI is InChI=1S/C33H48N4O3/c1-4-5-6-7-8-9-10-11-12-13-14-15-16-17-18-19-20-21-32(38)36-24-22-30(23-25-36)28-35(3)33(39)31-26-34-29(2)27-37(31)40/h5-6,8-9,11-12,14-15,17-18,26-27,30H,4,7,10,13,16,19-25,28H2,1-3H3/p+1. The number of carbonyl (C=O) groups excluding carboxylic acids is 2. The summed E-state index contributed by atoms with van der Waals surface area (Å²) in [5, 5.41) is 0. The summed E-state index contributed by atoms with van der Waals surface area (Å²) in [6, 6.07) is 0. The summed E-state index contributed by atoms with van der Waals surface area (Å²) in [4.78, 5) is 43.8. The second-order valence-electron chi connectivity index (χ2n) is 10.4. The molecule has 0 radical (unpaired) electrons. The Morgan fingerprint density at radius 2 is 1.50 bits per heavy atom. The summed E-state index contributed by atoms with van der Waals surface area (Å²) in [5.74, 6) is 0.256. The van der Waals surface area contributed by atoms with Crippen molar-refractivity contribution < 1.29 is 14.0 Å². The van der Waals surface area contributed by atoms with Crippen molar-refractivity contribution in [2.75, 3.05) is 26.7 Å². The number of allylic oxidation sites excluding steroid dienone is 10. The highest BCUT2D eigenvalue weighted by Crippen LogP contribution is 2.20. The second-order valence-corrected chi connectivity index (χ2v) is 10.4. The zero-order chi connectivity index (χ0) is 29.0. The van der Waals surface area contributed by atoms with Gasteiger partial charge in [0.1, 0.15) is 0 Å². The Hall–Kier alpha value is -3.48. The number of carbonyl (C=O) groups is 2. The highest BCUT2D eigenvalue weighted by Gasteiger charge is 2.28. The maximum absolute atomic E-state index is 12.7. The quantitative estimate of drug-likeness (QED) is 0.146. The van der Waals surface area contributed by atoms with Gasteiger partial charge in [0, 0.05) is 38.0 Å². The molecule has 218 valence electrons. The number of unbranched alkanes of at least 4 members (excludes halogenated alkanes) is 1. The number of piperidine rings is 1. The lowest BCUT2D eigenvalue weighted by Crippen LogP contribution is -2.43. The van der Waals surface area contributed by atoms with Crippen LogP contribution in [0.4, 0.5) is 0 Å². The van der Waals surface area contributed by atoms with Gasteiger partial charge in [0.2, 0.25) is 12.1 Å². The van der Waals surface area contributed by atoms with E-state index in [4.69, 9.17) is 0 Å². The fraction of sp³-hybridized carbons (Fsp3) is 0.515. The van der Waals surface area contributed by atoms with Gasteiger partial charge in [-0.25, -0.2) is 0 Å². The minimum atomic E-state index is -0.292. The number of hydrogen-bond donors (Lipinski definition) is 1. The predicted octanol–water partition coefficient (Wildman–Crippen LogP) is 6.47. The van der Waals surface area contributed by atoms with E-state index in [1.165, 1.54) is 12.4 Å². The number of likely N-dealkylation sites (tertiary alicyclic amines) is 1. The summed E-state index contributed by atoms with van der Waals surface area (Å²) < 4.78 is 0.617. The Kier molecular flexibility index (Phi) is 16.0. The first-order valence-electron chi connectivity index (χ1n) is 14.8. The maximum Gasteiger partial charge on any atom is 0.342 e. The van der Waals surface area contributed by atoms with Crippen molar-refractivity contribution in [2.24, 2.45) is 5.92 Å². The van der Waals surface area contributed by atoms with Gasteiger partial charge in [-0.15, -0.1) is 0 Å². The van der Waals surface area contributed by atoms with Crippen molar-refractivity contribution in [3.05, 3.63) is 89.4 Å². The molecule has 0 saturated carbocycles. The van der Waals surface area contributed by atoms with Crippen molar-refractivity contribution in [1.29, 1.82) is 0 Å². The molecule has 1 aliphatic heterocycles. The number of nitrogens with one attached hydrogen (secondary N) is 1. The van der Waals surface area contributed by atoms with E-state index >= 15 is 0 Å². The van der Waals surface area contributed by atoms with Gasteiger partial charge >= 0.3 is 11.6 Å². The molecule has 1 aliphatic rings. The van der Waals surface area contributed by atoms with Gasteiger partial charge in [-0.1, -0.05) is 67.7 Å². The van der Waals surface area contributed by atoms with Gasteiger partial charge in [0.15, 0.2) is 0 Å². The van der Waals surface area contributed by atoms with Gasteiger partial charge in [0.05, 0.1) is 16.3 Å². The molecular weight excluding hydrogens is 500 g/mol. The first-order chi connectivity index (χ1) is 19.4. The fourth-order valence-electron chi connectivity index (χ4n) is 4.61. The molecule has 0 aromatic carbocycles. The third kappa shape index (κ3) is 13.0. The zero-order valence-corrected chi connectivity index (χ0v) is 24.8. The van der Waals surface area contributed by atoms with E-state index in [2.05, 4.69) is 72.7 Å². The molecule has 0 unspecified atom stereocenters. The van der Waals surface area contributed by atoms with Crippen molar-refractivity contribution in [3.8, 4) is 0 Å². The lowest BCUT2D eigenvalue weighted by molar-refractivity contribution is -0.499. The van der Waals surface area contributed by atoms with Gasteiger partial charge in [-0.3, -0.25) is 9.59 Å². The van der Waals surface area contributed by atoms with Crippen molar-refractivity contribution >= 4 is 11.8 Å². The number of amides is 2. The number of aromatic amines is 1. The normalized spacial score (nSPS) is 15.0. The van der Waals surface area contributed by atoms with Gasteiger partial charge < -0.3 is 14.8 Å².